The highest BCUT2D eigenvalue weighted by atomic mass is 16.5. The van der Waals surface area contributed by atoms with Crippen molar-refractivity contribution in [2.45, 2.75) is 38.0 Å². The summed E-state index contributed by atoms with van der Waals surface area (Å²) < 4.78 is 5.41. The molecule has 4 nitrogen and oxygen atoms in total. The molecule has 0 radical (unpaired) electrons. The summed E-state index contributed by atoms with van der Waals surface area (Å²) in [5, 5.41) is 9.53. The Morgan fingerprint density at radius 1 is 1.36 bits per heavy atom. The summed E-state index contributed by atoms with van der Waals surface area (Å²) in [5.41, 5.74) is 0.376. The molecule has 1 aromatic carbocycles. The summed E-state index contributed by atoms with van der Waals surface area (Å²) in [6.45, 7) is 5.15. The Labute approximate surface area is 132 Å². The van der Waals surface area contributed by atoms with Gasteiger partial charge < -0.3 is 14.7 Å². The molecule has 0 aromatic heterocycles. The van der Waals surface area contributed by atoms with E-state index < -0.39 is 5.41 Å². The maximum atomic E-state index is 12.7. The highest BCUT2D eigenvalue weighted by molar-refractivity contribution is 5.84. The van der Waals surface area contributed by atoms with E-state index >= 15 is 0 Å². The number of ether oxygens (including phenoxy) is 1. The van der Waals surface area contributed by atoms with Gasteiger partial charge in [-0.2, -0.15) is 0 Å². The van der Waals surface area contributed by atoms with Gasteiger partial charge in [-0.15, -0.1) is 0 Å². The lowest BCUT2D eigenvalue weighted by atomic mass is 9.74. The Balaban J connectivity index is 1.87. The topological polar surface area (TPSA) is 49.8 Å². The minimum absolute atomic E-state index is 0.124. The highest BCUT2D eigenvalue weighted by Gasteiger charge is 2.45. The molecule has 1 N–H and O–H groups in total. The van der Waals surface area contributed by atoms with Gasteiger partial charge in [-0.1, -0.05) is 12.1 Å². The van der Waals surface area contributed by atoms with Crippen LogP contribution in [0.1, 0.15) is 38.2 Å². The number of aromatic hydroxyl groups is 1. The SMILES string of the molecule is CCOC(=O)C1(c2ccc(O)cc2)CCCN(CC2CC2)C1. The molecule has 1 unspecified atom stereocenters. The standard InChI is InChI=1S/C18H25NO3/c1-2-22-17(21)18(15-6-8-16(20)9-7-15)10-3-11-19(13-18)12-14-4-5-14/h6-9,14,20H,2-5,10-13H2,1H3. The van der Waals surface area contributed by atoms with E-state index in [2.05, 4.69) is 4.90 Å². The van der Waals surface area contributed by atoms with Gasteiger partial charge in [0.15, 0.2) is 0 Å². The van der Waals surface area contributed by atoms with Crippen molar-refractivity contribution < 1.29 is 14.6 Å². The number of carbonyl (C=O) groups is 1. The average Bonchev–Trinajstić information content (AvgIpc) is 3.32. The zero-order chi connectivity index (χ0) is 15.6. The largest absolute Gasteiger partial charge is 0.508 e. The Morgan fingerprint density at radius 3 is 2.73 bits per heavy atom. The van der Waals surface area contributed by atoms with Gasteiger partial charge >= 0.3 is 5.97 Å². The van der Waals surface area contributed by atoms with Gasteiger partial charge in [-0.3, -0.25) is 4.79 Å². The van der Waals surface area contributed by atoms with E-state index in [9.17, 15) is 9.90 Å². The van der Waals surface area contributed by atoms with Crippen LogP contribution in [0.2, 0.25) is 0 Å². The van der Waals surface area contributed by atoms with Crippen LogP contribution in [0.5, 0.6) is 5.75 Å². The second-order valence-electron chi connectivity index (χ2n) is 6.63. The Hall–Kier alpha value is -1.55. The van der Waals surface area contributed by atoms with Crippen LogP contribution in [0.15, 0.2) is 24.3 Å². The number of phenolic OH excluding ortho intramolecular Hbond substituents is 1. The minimum atomic E-state index is -0.586. The van der Waals surface area contributed by atoms with Crippen molar-refractivity contribution in [2.24, 2.45) is 5.92 Å². The van der Waals surface area contributed by atoms with Gasteiger partial charge in [0.25, 0.3) is 0 Å². The molecule has 2 aliphatic rings. The van der Waals surface area contributed by atoms with Crippen LogP contribution < -0.4 is 0 Å². The van der Waals surface area contributed by atoms with Gasteiger partial charge in [-0.05, 0) is 62.8 Å². The number of hydrogen-bond acceptors (Lipinski definition) is 4. The molecule has 1 heterocycles. The summed E-state index contributed by atoms with van der Waals surface area (Å²) in [6, 6.07) is 7.06. The first-order valence-electron chi connectivity index (χ1n) is 8.33. The molecule has 22 heavy (non-hydrogen) atoms. The molecule has 1 atom stereocenters. The van der Waals surface area contributed by atoms with Crippen molar-refractivity contribution in [3.8, 4) is 5.75 Å². The second kappa shape index (κ2) is 6.29. The number of benzene rings is 1. The quantitative estimate of drug-likeness (QED) is 0.850. The fourth-order valence-corrected chi connectivity index (χ4v) is 3.54. The van der Waals surface area contributed by atoms with Crippen LogP contribution in [-0.2, 0) is 14.9 Å². The van der Waals surface area contributed by atoms with Gasteiger partial charge in [0.05, 0.1) is 6.61 Å². The molecule has 2 fully saturated rings. The van der Waals surface area contributed by atoms with Crippen molar-refractivity contribution in [1.29, 1.82) is 0 Å². The number of likely N-dealkylation sites (tertiary alicyclic amines) is 1. The molecule has 0 amide bonds. The number of esters is 1. The molecular weight excluding hydrogens is 278 g/mol. The zero-order valence-corrected chi connectivity index (χ0v) is 13.3. The fraction of sp³-hybridized carbons (Fsp3) is 0.611. The highest BCUT2D eigenvalue weighted by Crippen LogP contribution is 2.38. The smallest absolute Gasteiger partial charge is 0.317 e. The van der Waals surface area contributed by atoms with Gasteiger partial charge in [-0.25, -0.2) is 0 Å². The molecule has 0 spiro atoms. The summed E-state index contributed by atoms with van der Waals surface area (Å²) in [6.07, 6.45) is 4.47. The Bertz CT molecular complexity index is 524. The lowest BCUT2D eigenvalue weighted by Gasteiger charge is -2.41. The van der Waals surface area contributed by atoms with Crippen molar-refractivity contribution in [3.63, 3.8) is 0 Å². The molecular formula is C18H25NO3. The van der Waals surface area contributed by atoms with E-state index in [1.165, 1.54) is 12.8 Å². The molecule has 1 aromatic rings. The summed E-state index contributed by atoms with van der Waals surface area (Å²) in [7, 11) is 0. The van der Waals surface area contributed by atoms with E-state index in [0.717, 1.165) is 44.0 Å². The molecule has 120 valence electrons. The van der Waals surface area contributed by atoms with Gasteiger partial charge in [0.2, 0.25) is 0 Å². The fourth-order valence-electron chi connectivity index (χ4n) is 3.54. The number of nitrogens with zero attached hydrogens (tertiary/aromatic N) is 1. The van der Waals surface area contributed by atoms with Crippen molar-refractivity contribution >= 4 is 5.97 Å². The predicted octanol–water partition coefficient (Wildman–Crippen LogP) is 2.70. The summed E-state index contributed by atoms with van der Waals surface area (Å²) in [4.78, 5) is 15.2. The molecule has 1 saturated heterocycles. The monoisotopic (exact) mass is 303 g/mol. The van der Waals surface area contributed by atoms with Crippen LogP contribution >= 0.6 is 0 Å². The zero-order valence-electron chi connectivity index (χ0n) is 13.3. The molecule has 3 rings (SSSR count). The van der Waals surface area contributed by atoms with Crippen LogP contribution in [0.25, 0.3) is 0 Å². The van der Waals surface area contributed by atoms with Gasteiger partial charge in [0.1, 0.15) is 11.2 Å². The Morgan fingerprint density at radius 2 is 2.09 bits per heavy atom. The first-order valence-corrected chi connectivity index (χ1v) is 8.33. The van der Waals surface area contributed by atoms with E-state index in [0.29, 0.717) is 6.61 Å². The van der Waals surface area contributed by atoms with Crippen molar-refractivity contribution in [1.82, 2.24) is 4.90 Å². The van der Waals surface area contributed by atoms with Crippen LogP contribution in [0.3, 0.4) is 0 Å². The molecule has 0 bridgehead atoms. The maximum Gasteiger partial charge on any atom is 0.317 e. The van der Waals surface area contributed by atoms with Gasteiger partial charge in [0, 0.05) is 13.1 Å². The first kappa shape index (κ1) is 15.3. The molecule has 4 heteroatoms. The van der Waals surface area contributed by atoms with Crippen molar-refractivity contribution in [3.05, 3.63) is 29.8 Å². The lowest BCUT2D eigenvalue weighted by molar-refractivity contribution is -0.152. The van der Waals surface area contributed by atoms with Crippen LogP contribution in [0.4, 0.5) is 0 Å². The average molecular weight is 303 g/mol. The lowest BCUT2D eigenvalue weighted by Crippen LogP contribution is -2.52. The Kier molecular flexibility index (Phi) is 4.39. The van der Waals surface area contributed by atoms with Crippen LogP contribution in [0, 0.1) is 5.92 Å². The minimum Gasteiger partial charge on any atom is -0.508 e. The van der Waals surface area contributed by atoms with Crippen molar-refractivity contribution in [2.75, 3.05) is 26.2 Å². The summed E-state index contributed by atoms with van der Waals surface area (Å²) in [5.74, 6) is 0.924. The molecule has 1 aliphatic carbocycles. The number of phenols is 1. The van der Waals surface area contributed by atoms with E-state index in [1.54, 1.807) is 12.1 Å². The third-order valence-corrected chi connectivity index (χ3v) is 4.87. The second-order valence-corrected chi connectivity index (χ2v) is 6.63. The number of piperidine rings is 1. The third-order valence-electron chi connectivity index (χ3n) is 4.87. The maximum absolute atomic E-state index is 12.7. The van der Waals surface area contributed by atoms with Crippen LogP contribution in [-0.4, -0.2) is 42.2 Å². The number of carbonyl (C=O) groups excluding carboxylic acids is 1. The number of rotatable bonds is 5. The normalized spacial score (nSPS) is 25.9. The predicted molar refractivity (Wildman–Crippen MR) is 84.8 cm³/mol. The van der Waals surface area contributed by atoms with E-state index in [1.807, 2.05) is 19.1 Å². The van der Waals surface area contributed by atoms with E-state index in [4.69, 9.17) is 4.74 Å². The summed E-state index contributed by atoms with van der Waals surface area (Å²) >= 11 is 0. The number of hydrogen-bond donors (Lipinski definition) is 1. The van der Waals surface area contributed by atoms with E-state index in [-0.39, 0.29) is 11.7 Å². The molecule has 1 aliphatic heterocycles. The first-order chi connectivity index (χ1) is 10.6. The third kappa shape index (κ3) is 3.12. The molecule has 1 saturated carbocycles.